The predicted molar refractivity (Wildman–Crippen MR) is 40.9 cm³/mol. The average Bonchev–Trinajstić information content (AvgIpc) is 2.05. The normalized spacial score (nSPS) is 9.33. The minimum atomic E-state index is -0.803. The van der Waals surface area contributed by atoms with Gasteiger partial charge in [0.1, 0.15) is 6.61 Å². The van der Waals surface area contributed by atoms with E-state index in [-0.39, 0.29) is 6.61 Å². The number of pyridine rings is 1. The molecule has 0 aliphatic carbocycles. The molecule has 0 aliphatic heterocycles. The third-order valence-corrected chi connectivity index (χ3v) is 1.28. The monoisotopic (exact) mass is 168 g/mol. The highest BCUT2D eigenvalue weighted by Gasteiger charge is 1.96. The molecular weight excluding hydrogens is 160 g/mol. The molecule has 0 unspecified atom stereocenters. The quantitative estimate of drug-likeness (QED) is 0.493. The van der Waals surface area contributed by atoms with Crippen molar-refractivity contribution in [2.45, 2.75) is 6.42 Å². The molecule has 1 aromatic rings. The highest BCUT2D eigenvalue weighted by Crippen LogP contribution is 1.94. The SMILES string of the molecule is O=[N+]([O-])OCCc1ccccn1. The van der Waals surface area contributed by atoms with Crippen molar-refractivity contribution in [3.8, 4) is 0 Å². The first-order valence-corrected chi connectivity index (χ1v) is 3.46. The van der Waals surface area contributed by atoms with Crippen LogP contribution in [0.3, 0.4) is 0 Å². The van der Waals surface area contributed by atoms with Gasteiger partial charge in [-0.15, -0.1) is 10.1 Å². The van der Waals surface area contributed by atoms with Crippen LogP contribution < -0.4 is 0 Å². The standard InChI is InChI=1S/C7H8N2O3/c10-9(11)12-6-4-7-3-1-2-5-8-7/h1-3,5H,4,6H2. The second-order valence-electron chi connectivity index (χ2n) is 2.13. The molecule has 0 bridgehead atoms. The first-order valence-electron chi connectivity index (χ1n) is 3.46. The van der Waals surface area contributed by atoms with Gasteiger partial charge in [0, 0.05) is 18.3 Å². The highest BCUT2D eigenvalue weighted by molar-refractivity contribution is 5.03. The Morgan fingerprint density at radius 3 is 3.00 bits per heavy atom. The summed E-state index contributed by atoms with van der Waals surface area (Å²) in [4.78, 5) is 17.9. The van der Waals surface area contributed by atoms with E-state index in [2.05, 4.69) is 9.82 Å². The van der Waals surface area contributed by atoms with Crippen LogP contribution in [0.15, 0.2) is 24.4 Å². The van der Waals surface area contributed by atoms with Crippen molar-refractivity contribution in [2.75, 3.05) is 6.61 Å². The number of hydrogen-bond acceptors (Lipinski definition) is 4. The first-order chi connectivity index (χ1) is 5.79. The Balaban J connectivity index is 2.29. The van der Waals surface area contributed by atoms with Gasteiger partial charge in [-0.05, 0) is 12.1 Å². The molecule has 5 heteroatoms. The summed E-state index contributed by atoms with van der Waals surface area (Å²) in [7, 11) is 0. The smallest absolute Gasteiger partial charge is 0.294 e. The minimum Gasteiger partial charge on any atom is -0.313 e. The molecule has 64 valence electrons. The molecule has 1 aromatic heterocycles. The fourth-order valence-electron chi connectivity index (χ4n) is 0.771. The Hall–Kier alpha value is -1.65. The Labute approximate surface area is 69.1 Å². The Bertz CT molecular complexity index is 250. The maximum absolute atomic E-state index is 9.75. The van der Waals surface area contributed by atoms with Crippen LogP contribution in [-0.4, -0.2) is 16.7 Å². The maximum Gasteiger partial charge on any atom is 0.294 e. The Kier molecular flexibility index (Phi) is 3.01. The Morgan fingerprint density at radius 1 is 1.58 bits per heavy atom. The lowest BCUT2D eigenvalue weighted by Gasteiger charge is -1.97. The number of nitrogens with zero attached hydrogens (tertiary/aromatic N) is 2. The maximum atomic E-state index is 9.75. The fraction of sp³-hybridized carbons (Fsp3) is 0.286. The zero-order chi connectivity index (χ0) is 8.81. The molecule has 0 fully saturated rings. The van der Waals surface area contributed by atoms with Gasteiger partial charge in [-0.3, -0.25) is 4.98 Å². The van der Waals surface area contributed by atoms with Crippen LogP contribution in [0.1, 0.15) is 5.69 Å². The molecule has 12 heavy (non-hydrogen) atoms. The van der Waals surface area contributed by atoms with Gasteiger partial charge in [0.05, 0.1) is 0 Å². The van der Waals surface area contributed by atoms with Crippen LogP contribution in [-0.2, 0) is 11.3 Å². The third-order valence-electron chi connectivity index (χ3n) is 1.28. The van der Waals surface area contributed by atoms with Gasteiger partial charge in [-0.2, -0.15) is 0 Å². The number of rotatable bonds is 4. The van der Waals surface area contributed by atoms with Crippen LogP contribution in [0.4, 0.5) is 0 Å². The van der Waals surface area contributed by atoms with E-state index in [0.29, 0.717) is 6.42 Å². The molecule has 0 atom stereocenters. The molecule has 0 radical (unpaired) electrons. The summed E-state index contributed by atoms with van der Waals surface area (Å²) in [5.41, 5.74) is 0.791. The van der Waals surface area contributed by atoms with Crippen LogP contribution in [0.5, 0.6) is 0 Å². The van der Waals surface area contributed by atoms with E-state index in [1.807, 2.05) is 6.07 Å². The molecule has 1 heterocycles. The summed E-state index contributed by atoms with van der Waals surface area (Å²) in [6.07, 6.45) is 2.10. The van der Waals surface area contributed by atoms with Crippen molar-refractivity contribution in [1.29, 1.82) is 0 Å². The van der Waals surface area contributed by atoms with E-state index >= 15 is 0 Å². The molecule has 0 aromatic carbocycles. The summed E-state index contributed by atoms with van der Waals surface area (Å²) >= 11 is 0. The lowest BCUT2D eigenvalue weighted by molar-refractivity contribution is -0.757. The fourth-order valence-corrected chi connectivity index (χ4v) is 0.771. The van der Waals surface area contributed by atoms with E-state index in [1.165, 1.54) is 0 Å². The summed E-state index contributed by atoms with van der Waals surface area (Å²) in [5.74, 6) is 0. The van der Waals surface area contributed by atoms with Gasteiger partial charge < -0.3 is 4.84 Å². The zero-order valence-corrected chi connectivity index (χ0v) is 6.34. The van der Waals surface area contributed by atoms with Gasteiger partial charge in [0.2, 0.25) is 0 Å². The second kappa shape index (κ2) is 4.27. The van der Waals surface area contributed by atoms with Gasteiger partial charge >= 0.3 is 0 Å². The van der Waals surface area contributed by atoms with Gasteiger partial charge in [0.15, 0.2) is 0 Å². The molecular formula is C7H8N2O3. The second-order valence-corrected chi connectivity index (χ2v) is 2.13. The van der Waals surface area contributed by atoms with Gasteiger partial charge in [-0.25, -0.2) is 0 Å². The molecule has 0 N–H and O–H groups in total. The van der Waals surface area contributed by atoms with Crippen LogP contribution >= 0.6 is 0 Å². The number of hydrogen-bond donors (Lipinski definition) is 0. The molecule has 5 nitrogen and oxygen atoms in total. The highest BCUT2D eigenvalue weighted by atomic mass is 16.9. The Morgan fingerprint density at radius 2 is 2.42 bits per heavy atom. The van der Waals surface area contributed by atoms with Crippen LogP contribution in [0.25, 0.3) is 0 Å². The van der Waals surface area contributed by atoms with Crippen molar-refractivity contribution in [3.63, 3.8) is 0 Å². The van der Waals surface area contributed by atoms with E-state index in [9.17, 15) is 10.1 Å². The predicted octanol–water partition coefficient (Wildman–Crippen LogP) is 0.832. The molecule has 0 saturated carbocycles. The van der Waals surface area contributed by atoms with Crippen molar-refractivity contribution < 1.29 is 9.92 Å². The van der Waals surface area contributed by atoms with Crippen molar-refractivity contribution in [3.05, 3.63) is 40.2 Å². The van der Waals surface area contributed by atoms with E-state index < -0.39 is 5.09 Å². The van der Waals surface area contributed by atoms with Crippen molar-refractivity contribution >= 4 is 0 Å². The van der Waals surface area contributed by atoms with Crippen molar-refractivity contribution in [1.82, 2.24) is 4.98 Å². The topological polar surface area (TPSA) is 65.3 Å². The summed E-state index contributed by atoms with van der Waals surface area (Å²) < 4.78 is 0. The molecule has 0 aliphatic rings. The zero-order valence-electron chi connectivity index (χ0n) is 6.34. The largest absolute Gasteiger partial charge is 0.313 e. The van der Waals surface area contributed by atoms with Crippen LogP contribution in [0.2, 0.25) is 0 Å². The molecule has 1 rings (SSSR count). The lowest BCUT2D eigenvalue weighted by Crippen LogP contribution is -2.05. The summed E-state index contributed by atoms with van der Waals surface area (Å²) in [5, 5.41) is 8.95. The minimum absolute atomic E-state index is 0.0595. The first kappa shape index (κ1) is 8.45. The molecule has 0 saturated heterocycles. The van der Waals surface area contributed by atoms with Crippen molar-refractivity contribution in [2.24, 2.45) is 0 Å². The molecule has 0 spiro atoms. The number of aromatic nitrogens is 1. The average molecular weight is 168 g/mol. The lowest BCUT2D eigenvalue weighted by atomic mass is 10.3. The molecule has 0 amide bonds. The summed E-state index contributed by atoms with van der Waals surface area (Å²) in [6.45, 7) is 0.0595. The van der Waals surface area contributed by atoms with E-state index in [0.717, 1.165) is 5.69 Å². The van der Waals surface area contributed by atoms with Gasteiger partial charge in [-0.1, -0.05) is 6.07 Å². The third kappa shape index (κ3) is 2.96. The van der Waals surface area contributed by atoms with Gasteiger partial charge in [0.25, 0.3) is 5.09 Å². The van der Waals surface area contributed by atoms with E-state index in [1.54, 1.807) is 18.3 Å². The van der Waals surface area contributed by atoms with E-state index in [4.69, 9.17) is 0 Å². The van der Waals surface area contributed by atoms with Crippen LogP contribution in [0, 0.1) is 10.1 Å². The summed E-state index contributed by atoms with van der Waals surface area (Å²) in [6, 6.07) is 5.41.